The maximum atomic E-state index is 12.1. The molecule has 0 aliphatic heterocycles. The van der Waals surface area contributed by atoms with Gasteiger partial charge in [-0.15, -0.1) is 0 Å². The predicted octanol–water partition coefficient (Wildman–Crippen LogP) is 2.98. The van der Waals surface area contributed by atoms with E-state index in [2.05, 4.69) is 19.9 Å². The van der Waals surface area contributed by atoms with Crippen LogP contribution in [0.4, 0.5) is 0 Å². The standard InChI is InChI=1S/C21H16N4O4/c26-20(18-12-22-14-6-1-3-8-16(14)24-18)28-10-5-11-29-21(27)19-13-23-15-7-2-4-9-17(15)25-19/h1-4,6-9,12-13H,5,10-11H2. The van der Waals surface area contributed by atoms with E-state index in [1.807, 2.05) is 36.4 Å². The molecule has 0 N–H and O–H groups in total. The predicted molar refractivity (Wildman–Crippen MR) is 104 cm³/mol. The Labute approximate surface area is 165 Å². The van der Waals surface area contributed by atoms with E-state index in [0.717, 1.165) is 0 Å². The van der Waals surface area contributed by atoms with E-state index in [1.165, 1.54) is 12.4 Å². The number of benzene rings is 2. The summed E-state index contributed by atoms with van der Waals surface area (Å²) in [6.45, 7) is 0.175. The van der Waals surface area contributed by atoms with E-state index in [-0.39, 0.29) is 24.6 Å². The van der Waals surface area contributed by atoms with Crippen LogP contribution in [-0.4, -0.2) is 45.1 Å². The van der Waals surface area contributed by atoms with Crippen molar-refractivity contribution in [2.24, 2.45) is 0 Å². The smallest absolute Gasteiger partial charge is 0.358 e. The number of aromatic nitrogens is 4. The molecule has 0 unspecified atom stereocenters. The molecule has 0 amide bonds. The van der Waals surface area contributed by atoms with Crippen molar-refractivity contribution in [1.29, 1.82) is 0 Å². The second-order valence-corrected chi connectivity index (χ2v) is 6.11. The van der Waals surface area contributed by atoms with Crippen LogP contribution in [0.2, 0.25) is 0 Å². The summed E-state index contributed by atoms with van der Waals surface area (Å²) in [6, 6.07) is 14.5. The van der Waals surface area contributed by atoms with Gasteiger partial charge in [0.2, 0.25) is 0 Å². The lowest BCUT2D eigenvalue weighted by molar-refractivity contribution is 0.0388. The van der Waals surface area contributed by atoms with Gasteiger partial charge in [-0.25, -0.2) is 19.6 Å². The molecule has 2 heterocycles. The molecule has 0 aliphatic rings. The van der Waals surface area contributed by atoms with Gasteiger partial charge in [-0.05, 0) is 24.3 Å². The number of esters is 2. The number of hydrogen-bond acceptors (Lipinski definition) is 8. The summed E-state index contributed by atoms with van der Waals surface area (Å²) in [6.07, 6.45) is 3.10. The van der Waals surface area contributed by atoms with Crippen LogP contribution in [0.25, 0.3) is 22.1 Å². The molecule has 0 radical (unpaired) electrons. The molecule has 8 nitrogen and oxygen atoms in total. The molecule has 0 atom stereocenters. The Kier molecular flexibility index (Phi) is 5.33. The first-order chi connectivity index (χ1) is 14.2. The number of fused-ring (bicyclic) bond motifs is 2. The molecule has 0 saturated carbocycles. The Morgan fingerprint density at radius 2 is 1.07 bits per heavy atom. The Balaban J connectivity index is 1.25. The molecule has 144 valence electrons. The first-order valence-corrected chi connectivity index (χ1v) is 8.98. The fourth-order valence-corrected chi connectivity index (χ4v) is 2.65. The highest BCUT2D eigenvalue weighted by Crippen LogP contribution is 2.10. The first-order valence-electron chi connectivity index (χ1n) is 8.98. The molecule has 4 rings (SSSR count). The van der Waals surface area contributed by atoms with E-state index in [9.17, 15) is 9.59 Å². The average molecular weight is 388 g/mol. The largest absolute Gasteiger partial charge is 0.461 e. The van der Waals surface area contributed by atoms with Crippen molar-refractivity contribution < 1.29 is 19.1 Å². The maximum Gasteiger partial charge on any atom is 0.358 e. The Bertz CT molecular complexity index is 1100. The van der Waals surface area contributed by atoms with Gasteiger partial charge in [0.15, 0.2) is 11.4 Å². The first kappa shape index (κ1) is 18.4. The SMILES string of the molecule is O=C(OCCCOC(=O)c1cnc2ccccc2n1)c1cnc2ccccc2n1. The summed E-state index contributed by atoms with van der Waals surface area (Å²) in [5.41, 5.74) is 2.90. The normalized spacial score (nSPS) is 10.8. The highest BCUT2D eigenvalue weighted by atomic mass is 16.5. The molecule has 29 heavy (non-hydrogen) atoms. The van der Waals surface area contributed by atoms with E-state index in [1.54, 1.807) is 12.1 Å². The number of rotatable bonds is 6. The molecule has 0 bridgehead atoms. The van der Waals surface area contributed by atoms with Crippen LogP contribution in [0.3, 0.4) is 0 Å². The lowest BCUT2D eigenvalue weighted by Crippen LogP contribution is -2.13. The van der Waals surface area contributed by atoms with Gasteiger partial charge in [-0.3, -0.25) is 9.97 Å². The number of ether oxygens (including phenoxy) is 2. The molecule has 2 aromatic carbocycles. The van der Waals surface area contributed by atoms with E-state index in [4.69, 9.17) is 9.47 Å². The second kappa shape index (κ2) is 8.39. The van der Waals surface area contributed by atoms with Crippen molar-refractivity contribution in [1.82, 2.24) is 19.9 Å². The molecular formula is C21H16N4O4. The second-order valence-electron chi connectivity index (χ2n) is 6.11. The monoisotopic (exact) mass is 388 g/mol. The zero-order valence-corrected chi connectivity index (χ0v) is 15.3. The number of carbonyl (C=O) groups excluding carboxylic acids is 2. The molecule has 4 aromatic rings. The number of hydrogen-bond donors (Lipinski definition) is 0. The highest BCUT2D eigenvalue weighted by molar-refractivity contribution is 5.90. The van der Waals surface area contributed by atoms with Crippen LogP contribution >= 0.6 is 0 Å². The van der Waals surface area contributed by atoms with Gasteiger partial charge in [0.05, 0.1) is 47.7 Å². The average Bonchev–Trinajstić information content (AvgIpc) is 2.77. The van der Waals surface area contributed by atoms with Crippen molar-refractivity contribution in [2.75, 3.05) is 13.2 Å². The van der Waals surface area contributed by atoms with Gasteiger partial charge in [0, 0.05) is 6.42 Å². The van der Waals surface area contributed by atoms with Gasteiger partial charge >= 0.3 is 11.9 Å². The minimum Gasteiger partial charge on any atom is -0.461 e. The molecule has 0 fully saturated rings. The van der Waals surface area contributed by atoms with E-state index < -0.39 is 11.9 Å². The van der Waals surface area contributed by atoms with Crippen molar-refractivity contribution >= 4 is 34.0 Å². The third-order valence-corrected chi connectivity index (χ3v) is 4.07. The molecule has 0 spiro atoms. The van der Waals surface area contributed by atoms with Gasteiger partial charge in [-0.2, -0.15) is 0 Å². The van der Waals surface area contributed by atoms with Crippen LogP contribution in [0.1, 0.15) is 27.4 Å². The summed E-state index contributed by atoms with van der Waals surface area (Å²) < 4.78 is 10.3. The van der Waals surface area contributed by atoms with Gasteiger partial charge in [-0.1, -0.05) is 24.3 Å². The fourth-order valence-electron chi connectivity index (χ4n) is 2.65. The Morgan fingerprint density at radius 3 is 1.52 bits per heavy atom. The van der Waals surface area contributed by atoms with Crippen molar-refractivity contribution in [3.63, 3.8) is 0 Å². The zero-order chi connectivity index (χ0) is 20.1. The zero-order valence-electron chi connectivity index (χ0n) is 15.3. The van der Waals surface area contributed by atoms with Crippen molar-refractivity contribution in [2.45, 2.75) is 6.42 Å². The summed E-state index contributed by atoms with van der Waals surface area (Å²) in [7, 11) is 0. The third kappa shape index (κ3) is 4.32. The highest BCUT2D eigenvalue weighted by Gasteiger charge is 2.12. The number of nitrogens with zero attached hydrogens (tertiary/aromatic N) is 4. The lowest BCUT2D eigenvalue weighted by Gasteiger charge is -2.06. The summed E-state index contributed by atoms with van der Waals surface area (Å²) >= 11 is 0. The van der Waals surface area contributed by atoms with Gasteiger partial charge < -0.3 is 9.47 Å². The molecule has 2 aromatic heterocycles. The maximum absolute atomic E-state index is 12.1. The van der Waals surface area contributed by atoms with Crippen LogP contribution in [0.5, 0.6) is 0 Å². The van der Waals surface area contributed by atoms with Crippen LogP contribution in [-0.2, 0) is 9.47 Å². The fraction of sp³-hybridized carbons (Fsp3) is 0.143. The minimum absolute atomic E-state index is 0.0873. The Hall–Kier alpha value is -3.94. The van der Waals surface area contributed by atoms with Crippen LogP contribution in [0, 0.1) is 0 Å². The topological polar surface area (TPSA) is 104 Å². The lowest BCUT2D eigenvalue weighted by atomic mass is 10.3. The van der Waals surface area contributed by atoms with E-state index >= 15 is 0 Å². The van der Waals surface area contributed by atoms with E-state index in [0.29, 0.717) is 28.5 Å². The number of para-hydroxylation sites is 4. The van der Waals surface area contributed by atoms with Crippen LogP contribution in [0.15, 0.2) is 60.9 Å². The third-order valence-electron chi connectivity index (χ3n) is 4.07. The molecule has 0 aliphatic carbocycles. The molecule has 0 saturated heterocycles. The number of carbonyl (C=O) groups is 2. The summed E-state index contributed by atoms with van der Waals surface area (Å²) in [5.74, 6) is -1.15. The quantitative estimate of drug-likeness (QED) is 0.367. The summed E-state index contributed by atoms with van der Waals surface area (Å²) in [5, 5.41) is 0. The van der Waals surface area contributed by atoms with Gasteiger partial charge in [0.25, 0.3) is 0 Å². The summed E-state index contributed by atoms with van der Waals surface area (Å²) in [4.78, 5) is 41.0. The Morgan fingerprint density at radius 1 is 0.655 bits per heavy atom. The minimum atomic E-state index is -0.574. The van der Waals surface area contributed by atoms with Crippen molar-refractivity contribution in [3.05, 3.63) is 72.3 Å². The molecular weight excluding hydrogens is 372 g/mol. The van der Waals surface area contributed by atoms with Crippen LogP contribution < -0.4 is 0 Å². The molecule has 8 heteroatoms. The van der Waals surface area contributed by atoms with Gasteiger partial charge in [0.1, 0.15) is 0 Å². The van der Waals surface area contributed by atoms with Crippen molar-refractivity contribution in [3.8, 4) is 0 Å².